The van der Waals surface area contributed by atoms with Gasteiger partial charge in [-0.05, 0) is 24.6 Å². The van der Waals surface area contributed by atoms with Crippen molar-refractivity contribution in [2.75, 3.05) is 11.9 Å². The minimum atomic E-state index is 0.863. The molecule has 0 N–H and O–H groups in total. The first-order chi connectivity index (χ1) is 8.61. The Kier molecular flexibility index (Phi) is 4.81. The molecule has 0 unspecified atom stereocenters. The molecule has 96 valence electrons. The van der Waals surface area contributed by atoms with Crippen molar-refractivity contribution in [3.05, 3.63) is 44.3 Å². The van der Waals surface area contributed by atoms with Crippen LogP contribution in [0.25, 0.3) is 0 Å². The summed E-state index contributed by atoms with van der Waals surface area (Å²) in [6.45, 7) is 2.96. The first-order valence-electron chi connectivity index (χ1n) is 5.56. The Bertz CT molecular complexity index is 540. The van der Waals surface area contributed by atoms with Gasteiger partial charge in [0.05, 0.1) is 17.7 Å². The van der Waals surface area contributed by atoms with E-state index in [1.54, 1.807) is 11.3 Å². The second-order valence-corrected chi connectivity index (χ2v) is 6.54. The number of nitrogens with zero attached hydrogens (tertiary/aromatic N) is 2. The first-order valence-corrected chi connectivity index (χ1v) is 8.35. The van der Waals surface area contributed by atoms with Crippen LogP contribution in [0, 0.1) is 6.92 Å². The van der Waals surface area contributed by atoms with Gasteiger partial charge in [-0.2, -0.15) is 0 Å². The molecule has 0 saturated carbocycles. The lowest BCUT2D eigenvalue weighted by Gasteiger charge is -2.22. The normalized spacial score (nSPS) is 10.7. The molecule has 0 aliphatic heterocycles. The second-order valence-electron chi connectivity index (χ2n) is 4.12. The molecule has 1 aromatic carbocycles. The molecule has 2 nitrogen and oxygen atoms in total. The summed E-state index contributed by atoms with van der Waals surface area (Å²) in [4.78, 5) is 7.88. The highest BCUT2D eigenvalue weighted by atomic mass is 79.9. The molecule has 0 aliphatic carbocycles. The highest BCUT2D eigenvalue weighted by molar-refractivity contribution is 9.10. The van der Waals surface area contributed by atoms with Gasteiger partial charge in [0, 0.05) is 27.4 Å². The molecule has 0 atom stereocenters. The molecule has 1 heterocycles. The van der Waals surface area contributed by atoms with Crippen LogP contribution >= 0.6 is 43.2 Å². The molecule has 0 radical (unpaired) electrons. The predicted octanol–water partition coefficient (Wildman–Crippen LogP) is 4.75. The molecule has 0 saturated heterocycles. The van der Waals surface area contributed by atoms with Crippen LogP contribution in [0.5, 0.6) is 0 Å². The molecule has 18 heavy (non-hydrogen) atoms. The number of halogens is 2. The van der Waals surface area contributed by atoms with Crippen molar-refractivity contribution in [1.82, 2.24) is 4.98 Å². The van der Waals surface area contributed by atoms with Crippen LogP contribution in [0.3, 0.4) is 0 Å². The van der Waals surface area contributed by atoms with Crippen molar-refractivity contribution >= 4 is 48.9 Å². The van der Waals surface area contributed by atoms with Crippen LogP contribution < -0.4 is 4.90 Å². The lowest BCUT2D eigenvalue weighted by Crippen LogP contribution is -2.17. The third-order valence-corrected chi connectivity index (χ3v) is 4.85. The van der Waals surface area contributed by atoms with E-state index in [-0.39, 0.29) is 0 Å². The number of benzene rings is 1. The van der Waals surface area contributed by atoms with Crippen molar-refractivity contribution in [3.63, 3.8) is 0 Å². The van der Waals surface area contributed by atoms with Crippen molar-refractivity contribution in [1.29, 1.82) is 0 Å². The summed E-state index contributed by atoms with van der Waals surface area (Å²) in [7, 11) is 2.12. The monoisotopic (exact) mass is 388 g/mol. The van der Waals surface area contributed by atoms with Gasteiger partial charge in [-0.25, -0.2) is 4.98 Å². The van der Waals surface area contributed by atoms with Gasteiger partial charge < -0.3 is 4.90 Å². The summed E-state index contributed by atoms with van der Waals surface area (Å²) in [6, 6.07) is 6.38. The summed E-state index contributed by atoms with van der Waals surface area (Å²) in [5.41, 5.74) is 5.57. The zero-order chi connectivity index (χ0) is 13.1. The molecule has 0 bridgehead atoms. The maximum Gasteiger partial charge on any atom is 0.0798 e. The van der Waals surface area contributed by atoms with E-state index in [1.807, 2.05) is 5.51 Å². The number of hydrogen-bond donors (Lipinski definition) is 0. The Labute approximate surface area is 128 Å². The van der Waals surface area contributed by atoms with E-state index >= 15 is 0 Å². The minimum absolute atomic E-state index is 0.863. The number of anilines is 1. The van der Waals surface area contributed by atoms with Gasteiger partial charge in [0.1, 0.15) is 0 Å². The number of aromatic nitrogens is 1. The van der Waals surface area contributed by atoms with Crippen molar-refractivity contribution in [2.45, 2.75) is 18.8 Å². The zero-order valence-corrected chi connectivity index (χ0v) is 14.3. The highest BCUT2D eigenvalue weighted by Gasteiger charge is 2.10. The number of alkyl halides is 1. The summed E-state index contributed by atoms with van der Waals surface area (Å²) < 4.78 is 1.11. The van der Waals surface area contributed by atoms with Crippen molar-refractivity contribution in [3.8, 4) is 0 Å². The second kappa shape index (κ2) is 6.17. The van der Waals surface area contributed by atoms with Gasteiger partial charge in [-0.3, -0.25) is 0 Å². The average molecular weight is 390 g/mol. The Morgan fingerprint density at radius 1 is 1.39 bits per heavy atom. The van der Waals surface area contributed by atoms with E-state index in [0.29, 0.717) is 0 Å². The predicted molar refractivity (Wildman–Crippen MR) is 85.7 cm³/mol. The van der Waals surface area contributed by atoms with Gasteiger partial charge >= 0.3 is 0 Å². The summed E-state index contributed by atoms with van der Waals surface area (Å²) in [5.74, 6) is 0. The quantitative estimate of drug-likeness (QED) is 0.701. The zero-order valence-electron chi connectivity index (χ0n) is 10.3. The summed E-state index contributed by atoms with van der Waals surface area (Å²) in [5, 5.41) is 0.863. The Morgan fingerprint density at radius 3 is 2.78 bits per heavy atom. The number of rotatable bonds is 4. The molecule has 0 amide bonds. The van der Waals surface area contributed by atoms with Gasteiger partial charge in [0.25, 0.3) is 0 Å². The van der Waals surface area contributed by atoms with Crippen LogP contribution in [-0.2, 0) is 11.9 Å². The number of thiazole rings is 1. The largest absolute Gasteiger partial charge is 0.369 e. The van der Waals surface area contributed by atoms with E-state index < -0.39 is 0 Å². The van der Waals surface area contributed by atoms with E-state index in [9.17, 15) is 0 Å². The molecular weight excluding hydrogens is 376 g/mol. The topological polar surface area (TPSA) is 16.1 Å². The third kappa shape index (κ3) is 3.13. The van der Waals surface area contributed by atoms with Crippen LogP contribution in [0.2, 0.25) is 0 Å². The molecule has 2 rings (SSSR count). The molecular formula is C13H14Br2N2S. The lowest BCUT2D eigenvalue weighted by molar-refractivity contribution is 0.919. The third-order valence-electron chi connectivity index (χ3n) is 2.83. The summed E-state index contributed by atoms with van der Waals surface area (Å²) >= 11 is 8.79. The standard InChI is InChI=1S/C13H14Br2N2S/c1-9-13(18-8-16-9)7-17(2)12-5-11(15)4-3-10(12)6-14/h3-5,8H,6-7H2,1-2H3. The maximum absolute atomic E-state index is 4.30. The molecule has 0 aliphatic rings. The minimum Gasteiger partial charge on any atom is -0.369 e. The Morgan fingerprint density at radius 2 is 2.17 bits per heavy atom. The summed E-state index contributed by atoms with van der Waals surface area (Å²) in [6.07, 6.45) is 0. The van der Waals surface area contributed by atoms with Gasteiger partial charge in [0.15, 0.2) is 0 Å². The van der Waals surface area contributed by atoms with Crippen LogP contribution in [0.1, 0.15) is 16.1 Å². The van der Waals surface area contributed by atoms with Gasteiger partial charge in [-0.1, -0.05) is 37.9 Å². The average Bonchev–Trinajstić information content (AvgIpc) is 2.75. The lowest BCUT2D eigenvalue weighted by atomic mass is 10.2. The Hall–Kier alpha value is -0.390. The van der Waals surface area contributed by atoms with E-state index in [2.05, 4.69) is 73.9 Å². The SMILES string of the molecule is Cc1ncsc1CN(C)c1cc(Br)ccc1CBr. The maximum atomic E-state index is 4.30. The van der Waals surface area contributed by atoms with Crippen LogP contribution in [0.15, 0.2) is 28.2 Å². The highest BCUT2D eigenvalue weighted by Crippen LogP contribution is 2.28. The smallest absolute Gasteiger partial charge is 0.0798 e. The first kappa shape index (κ1) is 14.0. The molecule has 0 spiro atoms. The fourth-order valence-electron chi connectivity index (χ4n) is 1.78. The Balaban J connectivity index is 2.25. The molecule has 1 aromatic heterocycles. The molecule has 2 aromatic rings. The van der Waals surface area contributed by atoms with E-state index in [1.165, 1.54) is 16.1 Å². The fourth-order valence-corrected chi connectivity index (χ4v) is 3.44. The fraction of sp³-hybridized carbons (Fsp3) is 0.308. The number of hydrogen-bond acceptors (Lipinski definition) is 3. The van der Waals surface area contributed by atoms with Gasteiger partial charge in [0.2, 0.25) is 0 Å². The van der Waals surface area contributed by atoms with E-state index in [0.717, 1.165) is 22.0 Å². The molecule has 5 heteroatoms. The molecule has 0 fully saturated rings. The number of aryl methyl sites for hydroxylation is 1. The van der Waals surface area contributed by atoms with Crippen LogP contribution in [-0.4, -0.2) is 12.0 Å². The van der Waals surface area contributed by atoms with E-state index in [4.69, 9.17) is 0 Å². The van der Waals surface area contributed by atoms with Crippen molar-refractivity contribution in [2.24, 2.45) is 0 Å². The van der Waals surface area contributed by atoms with Crippen molar-refractivity contribution < 1.29 is 0 Å². The van der Waals surface area contributed by atoms with Gasteiger partial charge in [-0.15, -0.1) is 11.3 Å². The van der Waals surface area contributed by atoms with Crippen LogP contribution in [0.4, 0.5) is 5.69 Å².